The zero-order valence-electron chi connectivity index (χ0n) is 12.1. The van der Waals surface area contributed by atoms with Crippen LogP contribution in [0.5, 0.6) is 0 Å². The minimum absolute atomic E-state index is 0.0563. The van der Waals surface area contributed by atoms with Crippen LogP contribution in [0, 0.1) is 18.6 Å². The Morgan fingerprint density at radius 3 is 2.24 bits per heavy atom. The molecule has 0 saturated heterocycles. The van der Waals surface area contributed by atoms with Crippen molar-refractivity contribution in [3.63, 3.8) is 0 Å². The average Bonchev–Trinajstić information content (AvgIpc) is 2.45. The minimum Gasteiger partial charge on any atom is -0.364 e. The van der Waals surface area contributed by atoms with Crippen LogP contribution < -0.4 is 4.90 Å². The maximum atomic E-state index is 13.7. The molecule has 0 aromatic heterocycles. The summed E-state index contributed by atoms with van der Waals surface area (Å²) in [4.78, 5) is 14.0. The van der Waals surface area contributed by atoms with Crippen molar-refractivity contribution in [1.29, 1.82) is 0 Å². The molecule has 0 amide bonds. The van der Waals surface area contributed by atoms with Crippen LogP contribution in [0.25, 0.3) is 0 Å². The van der Waals surface area contributed by atoms with Crippen molar-refractivity contribution >= 4 is 11.5 Å². The van der Waals surface area contributed by atoms with Crippen molar-refractivity contribution in [3.8, 4) is 0 Å². The summed E-state index contributed by atoms with van der Waals surface area (Å²) in [6.07, 6.45) is 0. The van der Waals surface area contributed by atoms with Crippen molar-refractivity contribution in [2.24, 2.45) is 0 Å². The van der Waals surface area contributed by atoms with Gasteiger partial charge < -0.3 is 4.90 Å². The predicted octanol–water partition coefficient (Wildman–Crippen LogP) is 3.98. The third-order valence-corrected chi connectivity index (χ3v) is 3.41. The highest BCUT2D eigenvalue weighted by Gasteiger charge is 2.20. The lowest BCUT2D eigenvalue weighted by Gasteiger charge is -2.24. The van der Waals surface area contributed by atoms with Gasteiger partial charge in [-0.15, -0.1) is 0 Å². The number of anilines is 1. The molecule has 0 bridgehead atoms. The first kappa shape index (κ1) is 15.2. The Morgan fingerprint density at radius 2 is 1.67 bits per heavy atom. The van der Waals surface area contributed by atoms with Gasteiger partial charge in [0, 0.05) is 12.2 Å². The lowest BCUT2D eigenvalue weighted by atomic mass is 10.1. The van der Waals surface area contributed by atoms with Gasteiger partial charge in [-0.2, -0.15) is 0 Å². The summed E-state index contributed by atoms with van der Waals surface area (Å²) in [6, 6.07) is 11.1. The van der Waals surface area contributed by atoms with E-state index < -0.39 is 23.0 Å². The third kappa shape index (κ3) is 3.27. The van der Waals surface area contributed by atoms with Crippen molar-refractivity contribution in [2.75, 3.05) is 18.0 Å². The molecular formula is C17H17F2NO. The molecule has 4 heteroatoms. The molecule has 0 spiro atoms. The summed E-state index contributed by atoms with van der Waals surface area (Å²) in [6.45, 7) is 4.36. The Balaban J connectivity index is 2.27. The minimum atomic E-state index is -0.819. The number of para-hydroxylation sites is 1. The first-order valence-electron chi connectivity index (χ1n) is 6.82. The molecule has 2 rings (SSSR count). The van der Waals surface area contributed by atoms with Crippen LogP contribution in [0.15, 0.2) is 42.5 Å². The van der Waals surface area contributed by atoms with E-state index in [-0.39, 0.29) is 6.54 Å². The number of carbonyl (C=O) groups excluding carboxylic acids is 1. The number of nitrogens with zero attached hydrogens (tertiary/aromatic N) is 1. The molecule has 0 unspecified atom stereocenters. The predicted molar refractivity (Wildman–Crippen MR) is 79.8 cm³/mol. The van der Waals surface area contributed by atoms with Crippen molar-refractivity contribution < 1.29 is 13.6 Å². The number of hydrogen-bond acceptors (Lipinski definition) is 2. The highest BCUT2D eigenvalue weighted by atomic mass is 19.1. The zero-order valence-corrected chi connectivity index (χ0v) is 12.1. The fourth-order valence-electron chi connectivity index (χ4n) is 2.30. The average molecular weight is 289 g/mol. The molecule has 110 valence electrons. The summed E-state index contributed by atoms with van der Waals surface area (Å²) in [5.74, 6) is -2.20. The molecule has 0 aliphatic rings. The van der Waals surface area contributed by atoms with Gasteiger partial charge in [0.25, 0.3) is 0 Å². The van der Waals surface area contributed by atoms with E-state index in [0.717, 1.165) is 23.4 Å². The number of benzene rings is 2. The molecule has 0 heterocycles. The molecule has 2 nitrogen and oxygen atoms in total. The molecule has 0 aliphatic heterocycles. The summed E-state index contributed by atoms with van der Waals surface area (Å²) in [5.41, 5.74) is 1.44. The Kier molecular flexibility index (Phi) is 4.68. The molecule has 0 radical (unpaired) electrons. The molecule has 0 N–H and O–H groups in total. The second kappa shape index (κ2) is 6.48. The molecule has 2 aromatic carbocycles. The van der Waals surface area contributed by atoms with E-state index in [1.165, 1.54) is 6.07 Å². The van der Waals surface area contributed by atoms with Crippen LogP contribution in [0.4, 0.5) is 14.5 Å². The van der Waals surface area contributed by atoms with Gasteiger partial charge in [0.1, 0.15) is 11.6 Å². The number of carbonyl (C=O) groups is 1. The highest BCUT2D eigenvalue weighted by molar-refractivity contribution is 5.99. The number of rotatable bonds is 5. The summed E-state index contributed by atoms with van der Waals surface area (Å²) < 4.78 is 27.3. The van der Waals surface area contributed by atoms with E-state index in [1.807, 2.05) is 43.0 Å². The summed E-state index contributed by atoms with van der Waals surface area (Å²) in [5, 5.41) is 0. The number of likely N-dealkylation sites (N-methyl/N-ethyl adjacent to an activating group) is 1. The smallest absolute Gasteiger partial charge is 0.187 e. The van der Waals surface area contributed by atoms with Crippen molar-refractivity contribution in [2.45, 2.75) is 13.8 Å². The van der Waals surface area contributed by atoms with Crippen molar-refractivity contribution in [3.05, 3.63) is 65.2 Å². The fraction of sp³-hybridized carbons (Fsp3) is 0.235. The van der Waals surface area contributed by atoms with Gasteiger partial charge >= 0.3 is 0 Å². The van der Waals surface area contributed by atoms with E-state index in [4.69, 9.17) is 0 Å². The molecule has 2 aromatic rings. The van der Waals surface area contributed by atoms with Gasteiger partial charge in [0.2, 0.25) is 0 Å². The van der Waals surface area contributed by atoms with Gasteiger partial charge in [-0.1, -0.05) is 24.3 Å². The summed E-state index contributed by atoms with van der Waals surface area (Å²) in [7, 11) is 0. The largest absolute Gasteiger partial charge is 0.364 e. The lowest BCUT2D eigenvalue weighted by molar-refractivity contribution is 0.0991. The van der Waals surface area contributed by atoms with Gasteiger partial charge in [-0.25, -0.2) is 8.78 Å². The van der Waals surface area contributed by atoms with Crippen LogP contribution in [-0.2, 0) is 0 Å². The van der Waals surface area contributed by atoms with E-state index in [9.17, 15) is 13.6 Å². The monoisotopic (exact) mass is 289 g/mol. The summed E-state index contributed by atoms with van der Waals surface area (Å²) >= 11 is 0. The van der Waals surface area contributed by atoms with Gasteiger partial charge in [-0.3, -0.25) is 4.79 Å². The topological polar surface area (TPSA) is 20.3 Å². The van der Waals surface area contributed by atoms with Crippen LogP contribution in [-0.4, -0.2) is 18.9 Å². The maximum Gasteiger partial charge on any atom is 0.187 e. The quantitative estimate of drug-likeness (QED) is 0.776. The molecule has 0 atom stereocenters. The first-order valence-corrected chi connectivity index (χ1v) is 6.82. The number of aryl methyl sites for hydroxylation is 1. The SMILES string of the molecule is CCN(CC(=O)c1c(F)cccc1F)c1ccccc1C. The number of Topliss-reactive ketones (excluding diaryl/α,β-unsaturated/α-hetero) is 1. The third-order valence-electron chi connectivity index (χ3n) is 3.41. The molecule has 21 heavy (non-hydrogen) atoms. The van der Waals surface area contributed by atoms with E-state index in [2.05, 4.69) is 0 Å². The van der Waals surface area contributed by atoms with Gasteiger partial charge in [0.15, 0.2) is 5.78 Å². The molecular weight excluding hydrogens is 272 g/mol. The van der Waals surface area contributed by atoms with Crippen molar-refractivity contribution in [1.82, 2.24) is 0 Å². The normalized spacial score (nSPS) is 10.5. The number of hydrogen-bond donors (Lipinski definition) is 0. The molecule has 0 saturated carbocycles. The second-order valence-corrected chi connectivity index (χ2v) is 4.82. The highest BCUT2D eigenvalue weighted by Crippen LogP contribution is 2.20. The van der Waals surface area contributed by atoms with E-state index in [0.29, 0.717) is 6.54 Å². The Labute approximate surface area is 123 Å². The van der Waals surface area contributed by atoms with Crippen LogP contribution in [0.2, 0.25) is 0 Å². The first-order chi connectivity index (χ1) is 10.0. The molecule has 0 fully saturated rings. The number of ketones is 1. The standard InChI is InChI=1S/C17H17F2NO/c1-3-20(15-10-5-4-7-12(15)2)11-16(21)17-13(18)8-6-9-14(17)19/h4-10H,3,11H2,1-2H3. The second-order valence-electron chi connectivity index (χ2n) is 4.82. The lowest BCUT2D eigenvalue weighted by Crippen LogP contribution is -2.31. The van der Waals surface area contributed by atoms with Gasteiger partial charge in [0.05, 0.1) is 12.1 Å². The zero-order chi connectivity index (χ0) is 15.4. The number of halogens is 2. The van der Waals surface area contributed by atoms with Crippen LogP contribution in [0.3, 0.4) is 0 Å². The van der Waals surface area contributed by atoms with Gasteiger partial charge in [-0.05, 0) is 37.6 Å². The fourth-order valence-corrected chi connectivity index (χ4v) is 2.30. The van der Waals surface area contributed by atoms with E-state index in [1.54, 1.807) is 0 Å². The van der Waals surface area contributed by atoms with Crippen LogP contribution >= 0.6 is 0 Å². The Hall–Kier alpha value is -2.23. The maximum absolute atomic E-state index is 13.7. The Morgan fingerprint density at radius 1 is 1.05 bits per heavy atom. The molecule has 0 aliphatic carbocycles. The Bertz CT molecular complexity index is 635. The van der Waals surface area contributed by atoms with Crippen LogP contribution in [0.1, 0.15) is 22.8 Å². The van der Waals surface area contributed by atoms with E-state index >= 15 is 0 Å².